The number of amides is 2. The summed E-state index contributed by atoms with van der Waals surface area (Å²) in [7, 11) is 0. The van der Waals surface area contributed by atoms with Crippen LogP contribution in [-0.4, -0.2) is 126 Å². The maximum absolute atomic E-state index is 13.2. The zero-order chi connectivity index (χ0) is 42.6. The second kappa shape index (κ2) is 21.7. The lowest BCUT2D eigenvalue weighted by Gasteiger charge is -2.49. The Morgan fingerprint density at radius 2 is 1.28 bits per heavy atom. The molecule has 2 amide bonds. The van der Waals surface area contributed by atoms with Crippen molar-refractivity contribution >= 4 is 70.7 Å². The van der Waals surface area contributed by atoms with E-state index < -0.39 is 121 Å². The van der Waals surface area contributed by atoms with Crippen LogP contribution in [0, 0.1) is 0 Å². The molecular formula is C37H43Cl3N2O16. The Hall–Kier alpha value is -4.27. The van der Waals surface area contributed by atoms with Crippen molar-refractivity contribution in [3.05, 3.63) is 71.8 Å². The maximum atomic E-state index is 13.2. The van der Waals surface area contributed by atoms with Gasteiger partial charge in [0.25, 0.3) is 0 Å². The molecule has 0 radical (unpaired) electrons. The molecule has 0 spiro atoms. The highest BCUT2D eigenvalue weighted by molar-refractivity contribution is 6.67. The average molecular weight is 878 g/mol. The molecule has 2 aromatic carbocycles. The highest BCUT2D eigenvalue weighted by Gasteiger charge is 2.55. The molecule has 0 aromatic heterocycles. The van der Waals surface area contributed by atoms with Gasteiger partial charge in [0.2, 0.25) is 9.70 Å². The van der Waals surface area contributed by atoms with Crippen LogP contribution in [0.5, 0.6) is 0 Å². The van der Waals surface area contributed by atoms with E-state index in [9.17, 15) is 33.9 Å². The number of esters is 4. The zero-order valence-electron chi connectivity index (χ0n) is 31.6. The van der Waals surface area contributed by atoms with Crippen molar-refractivity contribution in [2.24, 2.45) is 0 Å². The summed E-state index contributed by atoms with van der Waals surface area (Å²) < 4.78 is 49.9. The van der Waals surface area contributed by atoms with Crippen LogP contribution in [0.25, 0.3) is 0 Å². The first-order chi connectivity index (χ1) is 27.4. The Balaban J connectivity index is 1.82. The van der Waals surface area contributed by atoms with Crippen LogP contribution in [0.15, 0.2) is 60.7 Å². The Kier molecular flexibility index (Phi) is 17.3. The van der Waals surface area contributed by atoms with Crippen LogP contribution >= 0.6 is 34.8 Å². The molecule has 18 nitrogen and oxygen atoms in total. The molecule has 4 rings (SSSR count). The molecule has 318 valence electrons. The van der Waals surface area contributed by atoms with Crippen molar-refractivity contribution in [2.75, 3.05) is 19.8 Å². The molecule has 0 saturated carbocycles. The second-order valence-corrected chi connectivity index (χ2v) is 15.5. The monoisotopic (exact) mass is 876 g/mol. The van der Waals surface area contributed by atoms with Gasteiger partial charge in [0, 0.05) is 27.7 Å². The first-order valence-electron chi connectivity index (χ1n) is 17.7. The Morgan fingerprint density at radius 3 is 1.86 bits per heavy atom. The zero-order valence-corrected chi connectivity index (χ0v) is 33.8. The second-order valence-electron chi connectivity index (χ2n) is 13.0. The Bertz CT molecular complexity index is 1720. The van der Waals surface area contributed by atoms with Gasteiger partial charge in [-0.1, -0.05) is 83.3 Å². The van der Waals surface area contributed by atoms with Gasteiger partial charge in [-0.25, -0.2) is 9.59 Å². The van der Waals surface area contributed by atoms with Crippen LogP contribution in [-0.2, 0) is 68.4 Å². The molecule has 0 aliphatic carbocycles. The van der Waals surface area contributed by atoms with Crippen LogP contribution in [0.3, 0.4) is 0 Å². The van der Waals surface area contributed by atoms with Gasteiger partial charge >= 0.3 is 30.0 Å². The standard InChI is InChI=1S/C37H43Cl3N2O16/c1-19(43)41-27-31(51-15-23-11-7-5-8-12-23)29(25(56-34(27)48)17-52-33(47)24-13-9-6-10-14-24)58-35-28(42-36(49)53-18-37(38,39)40)32(55-22(4)46)30(54-21(3)45)26(57-35)16-50-20(2)44/h5-14,25-32,34-35,48H,15-18H2,1-4H3,(H,41,43)(H,42,49)/t25-,26-,27-,28-,29-,30-,31-,32-,34+,35+/m1/s1. The van der Waals surface area contributed by atoms with E-state index in [0.29, 0.717) is 5.56 Å². The quantitative estimate of drug-likeness (QED) is 0.133. The molecule has 2 aliphatic rings. The van der Waals surface area contributed by atoms with E-state index in [-0.39, 0.29) is 12.2 Å². The molecule has 2 aromatic rings. The largest absolute Gasteiger partial charge is 0.463 e. The number of hydrogen-bond donors (Lipinski definition) is 3. The number of carbonyl (C=O) groups excluding carboxylic acids is 6. The summed E-state index contributed by atoms with van der Waals surface area (Å²) in [5, 5.41) is 16.3. The van der Waals surface area contributed by atoms with Crippen molar-refractivity contribution < 1.29 is 76.5 Å². The van der Waals surface area contributed by atoms with Crippen LogP contribution < -0.4 is 10.6 Å². The molecular weight excluding hydrogens is 835 g/mol. The van der Waals surface area contributed by atoms with Crippen molar-refractivity contribution in [3.8, 4) is 0 Å². The van der Waals surface area contributed by atoms with Gasteiger partial charge in [-0.3, -0.25) is 19.2 Å². The molecule has 58 heavy (non-hydrogen) atoms. The number of ether oxygens (including phenoxy) is 9. The lowest BCUT2D eigenvalue weighted by molar-refractivity contribution is -0.333. The molecule has 2 fully saturated rings. The van der Waals surface area contributed by atoms with Crippen LogP contribution in [0.1, 0.15) is 43.6 Å². The van der Waals surface area contributed by atoms with E-state index in [1.807, 2.05) is 0 Å². The minimum Gasteiger partial charge on any atom is -0.463 e. The molecule has 3 N–H and O–H groups in total. The van der Waals surface area contributed by atoms with Crippen LogP contribution in [0.2, 0.25) is 0 Å². The number of nitrogens with one attached hydrogen (secondary N) is 2. The van der Waals surface area contributed by atoms with E-state index in [1.165, 1.54) is 19.1 Å². The summed E-state index contributed by atoms with van der Waals surface area (Å²) in [6.07, 6.45) is -13.7. The van der Waals surface area contributed by atoms with Crippen molar-refractivity contribution in [3.63, 3.8) is 0 Å². The molecule has 21 heteroatoms. The van der Waals surface area contributed by atoms with Gasteiger partial charge in [0.05, 0.1) is 12.2 Å². The molecule has 2 heterocycles. The summed E-state index contributed by atoms with van der Waals surface area (Å²) in [6, 6.07) is 13.8. The first kappa shape index (κ1) is 46.4. The van der Waals surface area contributed by atoms with Crippen molar-refractivity contribution in [1.82, 2.24) is 10.6 Å². The third-order valence-electron chi connectivity index (χ3n) is 8.35. The van der Waals surface area contributed by atoms with E-state index >= 15 is 0 Å². The van der Waals surface area contributed by atoms with Gasteiger partial charge in [-0.15, -0.1) is 0 Å². The predicted molar refractivity (Wildman–Crippen MR) is 200 cm³/mol. The summed E-state index contributed by atoms with van der Waals surface area (Å²) in [6.45, 7) is 2.36. The lowest BCUT2D eigenvalue weighted by Crippen LogP contribution is -2.70. The highest BCUT2D eigenvalue weighted by atomic mass is 35.6. The third kappa shape index (κ3) is 14.2. The summed E-state index contributed by atoms with van der Waals surface area (Å²) in [5.74, 6) is -3.92. The predicted octanol–water partition coefficient (Wildman–Crippen LogP) is 2.65. The van der Waals surface area contributed by atoms with Crippen molar-refractivity contribution in [2.45, 2.75) is 99.4 Å². The number of alkyl carbamates (subject to hydrolysis) is 1. The third-order valence-corrected chi connectivity index (χ3v) is 8.68. The van der Waals surface area contributed by atoms with Gasteiger partial charge in [-0.2, -0.15) is 0 Å². The Labute approximate surface area is 347 Å². The van der Waals surface area contributed by atoms with E-state index in [1.54, 1.807) is 48.5 Å². The average Bonchev–Trinajstić information content (AvgIpc) is 3.15. The minimum absolute atomic E-state index is 0.110. The minimum atomic E-state index is -2.05. The fraction of sp³-hybridized carbons (Fsp3) is 0.514. The maximum Gasteiger partial charge on any atom is 0.407 e. The number of carbonyl (C=O) groups is 6. The molecule has 2 aliphatic heterocycles. The number of rotatable bonds is 15. The smallest absolute Gasteiger partial charge is 0.407 e. The fourth-order valence-corrected chi connectivity index (χ4v) is 6.20. The van der Waals surface area contributed by atoms with Gasteiger partial charge in [0.15, 0.2) is 24.8 Å². The van der Waals surface area contributed by atoms with E-state index in [0.717, 1.165) is 20.8 Å². The first-order valence-corrected chi connectivity index (χ1v) is 18.8. The lowest BCUT2D eigenvalue weighted by atomic mass is 9.94. The summed E-state index contributed by atoms with van der Waals surface area (Å²) in [4.78, 5) is 75.8. The highest BCUT2D eigenvalue weighted by Crippen LogP contribution is 2.34. The number of benzene rings is 2. The van der Waals surface area contributed by atoms with E-state index in [2.05, 4.69) is 10.6 Å². The van der Waals surface area contributed by atoms with Crippen LogP contribution in [0.4, 0.5) is 4.79 Å². The molecule has 10 atom stereocenters. The fourth-order valence-electron chi connectivity index (χ4n) is 6.04. The van der Waals surface area contributed by atoms with Gasteiger partial charge in [-0.05, 0) is 17.7 Å². The number of halogens is 3. The summed E-state index contributed by atoms with van der Waals surface area (Å²) >= 11 is 17.4. The summed E-state index contributed by atoms with van der Waals surface area (Å²) in [5.41, 5.74) is 0.855. The number of hydrogen-bond acceptors (Lipinski definition) is 16. The SMILES string of the molecule is CC(=O)N[C@@H]1[C@@H](OCc2ccccc2)[C@H](O[C@@H]2O[C@H](COC(C)=O)[C@@H](OC(C)=O)[C@H](OC(C)=O)[C@H]2NC(=O)OCC(Cl)(Cl)Cl)[C@@H](COC(=O)c2ccccc2)O[C@@H]1O. The van der Waals surface area contributed by atoms with E-state index in [4.69, 9.17) is 77.4 Å². The number of alkyl halides is 3. The Morgan fingerprint density at radius 1 is 0.690 bits per heavy atom. The van der Waals surface area contributed by atoms with Gasteiger partial charge in [0.1, 0.15) is 56.3 Å². The normalized spacial score (nSPS) is 27.0. The topological polar surface area (TPSA) is 230 Å². The van der Waals surface area contributed by atoms with Gasteiger partial charge < -0.3 is 58.4 Å². The van der Waals surface area contributed by atoms with Crippen molar-refractivity contribution in [1.29, 1.82) is 0 Å². The molecule has 0 bridgehead atoms. The number of aliphatic hydroxyl groups is 1. The molecule has 0 unspecified atom stereocenters. The molecule has 2 saturated heterocycles. The number of aliphatic hydroxyl groups excluding tert-OH is 1.